The fraction of sp³-hybridized carbons (Fsp3) is 0.600. The number of nitrogens with zero attached hydrogens (tertiary/aromatic N) is 1. The molecule has 1 N–H and O–H groups in total. The number of benzene rings is 1. The third-order valence-corrected chi connectivity index (χ3v) is 3.37. The fourth-order valence-corrected chi connectivity index (χ4v) is 2.37. The Kier molecular flexibility index (Phi) is 6.23. The highest BCUT2D eigenvalue weighted by molar-refractivity contribution is 5.23. The van der Waals surface area contributed by atoms with Crippen LogP contribution in [0.15, 0.2) is 24.3 Å². The third-order valence-electron chi connectivity index (χ3n) is 3.37. The summed E-state index contributed by atoms with van der Waals surface area (Å²) in [5, 5.41) is 3.20. The van der Waals surface area contributed by atoms with E-state index in [2.05, 4.69) is 55.4 Å². The van der Waals surface area contributed by atoms with Crippen LogP contribution in [0.1, 0.15) is 37.8 Å². The predicted octanol–water partition coefficient (Wildman–Crippen LogP) is 3.03. The lowest BCUT2D eigenvalue weighted by Crippen LogP contribution is -2.30. The number of rotatable bonds is 7. The van der Waals surface area contributed by atoms with Gasteiger partial charge in [-0.2, -0.15) is 0 Å². The molecule has 0 aliphatic carbocycles. The molecule has 0 aliphatic rings. The molecule has 0 atom stereocenters. The van der Waals surface area contributed by atoms with E-state index in [-0.39, 0.29) is 0 Å². The monoisotopic (exact) mass is 234 g/mol. The van der Waals surface area contributed by atoms with E-state index in [1.54, 1.807) is 0 Å². The SMILES string of the molecule is CCC(CC)N(C)Cc1cccc(CNC)c1. The van der Waals surface area contributed by atoms with Gasteiger partial charge in [-0.25, -0.2) is 0 Å². The largest absolute Gasteiger partial charge is 0.316 e. The van der Waals surface area contributed by atoms with Crippen molar-refractivity contribution in [1.29, 1.82) is 0 Å². The molecule has 1 aromatic carbocycles. The van der Waals surface area contributed by atoms with Crippen molar-refractivity contribution in [3.05, 3.63) is 35.4 Å². The molecule has 2 nitrogen and oxygen atoms in total. The van der Waals surface area contributed by atoms with Gasteiger partial charge in [-0.05, 0) is 38.1 Å². The maximum Gasteiger partial charge on any atom is 0.0233 e. The van der Waals surface area contributed by atoms with E-state index in [0.29, 0.717) is 6.04 Å². The lowest BCUT2D eigenvalue weighted by Gasteiger charge is -2.26. The molecule has 96 valence electrons. The minimum absolute atomic E-state index is 0.697. The summed E-state index contributed by atoms with van der Waals surface area (Å²) in [6, 6.07) is 9.55. The summed E-state index contributed by atoms with van der Waals surface area (Å²) in [7, 11) is 4.21. The highest BCUT2D eigenvalue weighted by Crippen LogP contribution is 2.12. The van der Waals surface area contributed by atoms with Gasteiger partial charge in [0.15, 0.2) is 0 Å². The van der Waals surface area contributed by atoms with Crippen LogP contribution in [0.4, 0.5) is 0 Å². The molecule has 0 unspecified atom stereocenters. The van der Waals surface area contributed by atoms with Gasteiger partial charge in [-0.3, -0.25) is 4.90 Å². The molecule has 0 saturated heterocycles. The summed E-state index contributed by atoms with van der Waals surface area (Å²) in [4.78, 5) is 2.46. The standard InChI is InChI=1S/C15H26N2/c1-5-15(6-2)17(4)12-14-9-7-8-13(10-14)11-16-3/h7-10,15-16H,5-6,11-12H2,1-4H3. The van der Waals surface area contributed by atoms with Crippen LogP contribution in [-0.4, -0.2) is 25.0 Å². The normalized spacial score (nSPS) is 11.4. The summed E-state index contributed by atoms with van der Waals surface area (Å²) >= 11 is 0. The van der Waals surface area contributed by atoms with E-state index in [9.17, 15) is 0 Å². The topological polar surface area (TPSA) is 15.3 Å². The van der Waals surface area contributed by atoms with Gasteiger partial charge in [-0.1, -0.05) is 38.1 Å². The molecule has 17 heavy (non-hydrogen) atoms. The first-order valence-corrected chi connectivity index (χ1v) is 6.63. The van der Waals surface area contributed by atoms with Gasteiger partial charge in [0.2, 0.25) is 0 Å². The Morgan fingerprint density at radius 2 is 1.82 bits per heavy atom. The Bertz CT molecular complexity index is 318. The van der Waals surface area contributed by atoms with Crippen molar-refractivity contribution in [2.24, 2.45) is 0 Å². The fourth-order valence-electron chi connectivity index (χ4n) is 2.37. The zero-order valence-corrected chi connectivity index (χ0v) is 11.7. The second kappa shape index (κ2) is 7.46. The number of nitrogens with one attached hydrogen (secondary N) is 1. The first kappa shape index (κ1) is 14.2. The molecule has 1 rings (SSSR count). The minimum atomic E-state index is 0.697. The van der Waals surface area contributed by atoms with Crippen LogP contribution in [0.25, 0.3) is 0 Å². The highest BCUT2D eigenvalue weighted by Gasteiger charge is 2.10. The van der Waals surface area contributed by atoms with Gasteiger partial charge in [0.05, 0.1) is 0 Å². The number of hydrogen-bond acceptors (Lipinski definition) is 2. The van der Waals surface area contributed by atoms with E-state index < -0.39 is 0 Å². The Labute approximate surface area is 106 Å². The van der Waals surface area contributed by atoms with Gasteiger partial charge in [0, 0.05) is 19.1 Å². The van der Waals surface area contributed by atoms with Crippen molar-refractivity contribution >= 4 is 0 Å². The average molecular weight is 234 g/mol. The Hall–Kier alpha value is -0.860. The molecule has 0 fully saturated rings. The molecule has 0 aliphatic heterocycles. The van der Waals surface area contributed by atoms with Crippen molar-refractivity contribution in [1.82, 2.24) is 10.2 Å². The Morgan fingerprint density at radius 1 is 1.18 bits per heavy atom. The van der Waals surface area contributed by atoms with Crippen LogP contribution in [0.2, 0.25) is 0 Å². The maximum atomic E-state index is 3.20. The molecule has 0 bridgehead atoms. The van der Waals surface area contributed by atoms with Gasteiger partial charge < -0.3 is 5.32 Å². The second-order valence-electron chi connectivity index (χ2n) is 4.74. The van der Waals surface area contributed by atoms with Gasteiger partial charge in [0.1, 0.15) is 0 Å². The van der Waals surface area contributed by atoms with Gasteiger partial charge in [0.25, 0.3) is 0 Å². The van der Waals surface area contributed by atoms with Gasteiger partial charge >= 0.3 is 0 Å². The van der Waals surface area contributed by atoms with E-state index in [4.69, 9.17) is 0 Å². The zero-order chi connectivity index (χ0) is 12.7. The van der Waals surface area contributed by atoms with Crippen LogP contribution >= 0.6 is 0 Å². The lowest BCUT2D eigenvalue weighted by molar-refractivity contribution is 0.221. The van der Waals surface area contributed by atoms with E-state index in [0.717, 1.165) is 13.1 Å². The van der Waals surface area contributed by atoms with Gasteiger partial charge in [-0.15, -0.1) is 0 Å². The Balaban J connectivity index is 2.63. The second-order valence-corrected chi connectivity index (χ2v) is 4.74. The lowest BCUT2D eigenvalue weighted by atomic mass is 10.1. The minimum Gasteiger partial charge on any atom is -0.316 e. The van der Waals surface area contributed by atoms with E-state index in [1.807, 2.05) is 7.05 Å². The molecule has 0 heterocycles. The van der Waals surface area contributed by atoms with Crippen molar-refractivity contribution < 1.29 is 0 Å². The molecule has 0 spiro atoms. The molecule has 0 aromatic heterocycles. The average Bonchev–Trinajstić information content (AvgIpc) is 2.31. The van der Waals surface area contributed by atoms with Crippen LogP contribution in [0.3, 0.4) is 0 Å². The van der Waals surface area contributed by atoms with Crippen molar-refractivity contribution in [2.75, 3.05) is 14.1 Å². The van der Waals surface area contributed by atoms with Crippen LogP contribution in [0.5, 0.6) is 0 Å². The highest BCUT2D eigenvalue weighted by atomic mass is 15.1. The summed E-state index contributed by atoms with van der Waals surface area (Å²) in [6.45, 7) is 6.52. The molecule has 1 aromatic rings. The summed E-state index contributed by atoms with van der Waals surface area (Å²) in [5.74, 6) is 0. The summed E-state index contributed by atoms with van der Waals surface area (Å²) in [6.07, 6.45) is 2.45. The maximum absolute atomic E-state index is 3.20. The van der Waals surface area contributed by atoms with Crippen LogP contribution in [-0.2, 0) is 13.1 Å². The molecule has 0 radical (unpaired) electrons. The first-order chi connectivity index (χ1) is 8.21. The first-order valence-electron chi connectivity index (χ1n) is 6.63. The Morgan fingerprint density at radius 3 is 2.41 bits per heavy atom. The quantitative estimate of drug-likeness (QED) is 0.780. The molecule has 2 heteroatoms. The van der Waals surface area contributed by atoms with Crippen molar-refractivity contribution in [3.8, 4) is 0 Å². The van der Waals surface area contributed by atoms with Crippen LogP contribution < -0.4 is 5.32 Å². The molecule has 0 amide bonds. The predicted molar refractivity (Wildman–Crippen MR) is 75.0 cm³/mol. The number of hydrogen-bond donors (Lipinski definition) is 1. The van der Waals surface area contributed by atoms with Crippen molar-refractivity contribution in [3.63, 3.8) is 0 Å². The summed E-state index contributed by atoms with van der Waals surface area (Å²) < 4.78 is 0. The zero-order valence-electron chi connectivity index (χ0n) is 11.7. The molecular weight excluding hydrogens is 208 g/mol. The molecule has 0 saturated carbocycles. The smallest absolute Gasteiger partial charge is 0.0233 e. The summed E-state index contributed by atoms with van der Waals surface area (Å²) in [5.41, 5.74) is 2.77. The van der Waals surface area contributed by atoms with E-state index in [1.165, 1.54) is 24.0 Å². The molecular formula is C15H26N2. The van der Waals surface area contributed by atoms with E-state index >= 15 is 0 Å². The van der Waals surface area contributed by atoms with Crippen LogP contribution in [0, 0.1) is 0 Å². The third kappa shape index (κ3) is 4.49. The van der Waals surface area contributed by atoms with Crippen molar-refractivity contribution in [2.45, 2.75) is 45.8 Å².